The van der Waals surface area contributed by atoms with Gasteiger partial charge in [-0.05, 0) is 88.7 Å². The van der Waals surface area contributed by atoms with Gasteiger partial charge in [-0.2, -0.15) is 0 Å². The van der Waals surface area contributed by atoms with Gasteiger partial charge in [0.2, 0.25) is 0 Å². The van der Waals surface area contributed by atoms with Crippen molar-refractivity contribution in [3.05, 3.63) is 151 Å². The molecule has 0 bridgehead atoms. The number of aromatic nitrogens is 1. The molecule has 0 saturated carbocycles. The highest BCUT2D eigenvalue weighted by Crippen LogP contribution is 2.45. The predicted molar refractivity (Wildman–Crippen MR) is 254 cm³/mol. The van der Waals surface area contributed by atoms with Crippen molar-refractivity contribution < 1.29 is 4.42 Å². The van der Waals surface area contributed by atoms with Crippen molar-refractivity contribution in [3.8, 4) is 16.8 Å². The zero-order chi connectivity index (χ0) is 38.4. The number of rotatable bonds is 3. The molecule has 0 spiro atoms. The highest BCUT2D eigenvalue weighted by molar-refractivity contribution is 7.26. The molecule has 13 rings (SSSR count). The molecule has 6 heteroatoms. The third-order valence-electron chi connectivity index (χ3n) is 12.6. The summed E-state index contributed by atoms with van der Waals surface area (Å²) in [5.41, 5.74) is 14.3. The van der Waals surface area contributed by atoms with E-state index in [1.54, 1.807) is 0 Å². The first-order valence-electron chi connectivity index (χ1n) is 20.0. The van der Waals surface area contributed by atoms with Gasteiger partial charge < -0.3 is 14.3 Å². The van der Waals surface area contributed by atoms with Crippen LogP contribution in [0.2, 0.25) is 0 Å². The molecule has 0 amide bonds. The molecule has 1 aliphatic rings. The Morgan fingerprint density at radius 2 is 1.22 bits per heavy atom. The van der Waals surface area contributed by atoms with Crippen LogP contribution < -0.4 is 16.2 Å². The molecule has 0 unspecified atom stereocenters. The van der Waals surface area contributed by atoms with Gasteiger partial charge in [-0.15, -0.1) is 22.7 Å². The summed E-state index contributed by atoms with van der Waals surface area (Å²) in [6.45, 7) is 6.81. The van der Waals surface area contributed by atoms with E-state index in [1.807, 2.05) is 22.7 Å². The first kappa shape index (κ1) is 32.7. The van der Waals surface area contributed by atoms with Gasteiger partial charge in [0, 0.05) is 90.0 Å². The number of nitrogens with one attached hydrogen (secondary N) is 1. The van der Waals surface area contributed by atoms with Gasteiger partial charge in [0.15, 0.2) is 7.28 Å². The second-order valence-corrected chi connectivity index (χ2v) is 19.2. The van der Waals surface area contributed by atoms with E-state index < -0.39 is 0 Å². The lowest BCUT2D eigenvalue weighted by Crippen LogP contribution is -2.37. The number of para-hydroxylation sites is 1. The van der Waals surface area contributed by atoms with Gasteiger partial charge in [-0.3, -0.25) is 0 Å². The second kappa shape index (κ2) is 11.6. The molecule has 0 saturated heterocycles. The van der Waals surface area contributed by atoms with Crippen molar-refractivity contribution in [2.24, 2.45) is 0 Å². The second-order valence-electron chi connectivity index (χ2n) is 17.0. The van der Waals surface area contributed by atoms with E-state index in [0.717, 1.165) is 40.6 Å². The van der Waals surface area contributed by atoms with Crippen LogP contribution in [0.3, 0.4) is 0 Å². The maximum atomic E-state index is 6.54. The van der Waals surface area contributed by atoms with E-state index in [2.05, 4.69) is 176 Å². The van der Waals surface area contributed by atoms with Crippen LogP contribution in [-0.2, 0) is 5.41 Å². The third-order valence-corrected chi connectivity index (χ3v) is 14.8. The van der Waals surface area contributed by atoms with Crippen LogP contribution in [0.15, 0.2) is 150 Å². The summed E-state index contributed by atoms with van der Waals surface area (Å²) in [5, 5.41) is 14.1. The summed E-state index contributed by atoms with van der Waals surface area (Å²) in [7, 11) is 0.796. The smallest absolute Gasteiger partial charge is 0.198 e. The molecule has 0 fully saturated rings. The van der Waals surface area contributed by atoms with Crippen LogP contribution >= 0.6 is 22.7 Å². The Kier molecular flexibility index (Phi) is 6.56. The molecule has 0 aliphatic carbocycles. The number of anilines is 2. The molecular formula is C52H35BN2OS2. The Balaban J connectivity index is 1.12. The summed E-state index contributed by atoms with van der Waals surface area (Å²) in [5.74, 6) is 0. The highest BCUT2D eigenvalue weighted by atomic mass is 32.1. The third kappa shape index (κ3) is 4.61. The van der Waals surface area contributed by atoms with Crippen molar-refractivity contribution in [2.75, 3.05) is 5.32 Å². The summed E-state index contributed by atoms with van der Waals surface area (Å²) in [6.07, 6.45) is 0. The number of hydrogen-bond acceptors (Lipinski definition) is 4. The topological polar surface area (TPSA) is 30.1 Å². The van der Waals surface area contributed by atoms with Gasteiger partial charge in [0.25, 0.3) is 0 Å². The lowest BCUT2D eigenvalue weighted by Gasteiger charge is -2.24. The number of benzene rings is 8. The average Bonchev–Trinajstić information content (AvgIpc) is 3.98. The Morgan fingerprint density at radius 3 is 1.98 bits per heavy atom. The zero-order valence-corrected chi connectivity index (χ0v) is 33.9. The first-order chi connectivity index (χ1) is 28.3. The Morgan fingerprint density at radius 1 is 0.534 bits per heavy atom. The van der Waals surface area contributed by atoms with E-state index in [0.29, 0.717) is 0 Å². The van der Waals surface area contributed by atoms with Gasteiger partial charge in [-0.1, -0.05) is 105 Å². The number of hydrogen-bond donors (Lipinski definition) is 1. The number of furan rings is 1. The molecular weight excluding hydrogens is 744 g/mol. The standard InChI is InChI=1S/C52H35BN2OS2/c1-52(2,3)28-16-18-29(19-17-28)54-41-27-49-38(31-11-5-8-14-46(31)58-49)22-35(41)33-20-21-34-36-25-48-39(32-12-6-9-15-47(32)57-48)24-42(36)55-43-23-37-30-10-4-7-13-44(30)56-45(37)26-40(43)53-50(33)51(34)55/h4-27,53-54H,1-3H3. The highest BCUT2D eigenvalue weighted by Gasteiger charge is 2.29. The average molecular weight is 779 g/mol. The normalized spacial score (nSPS) is 12.9. The summed E-state index contributed by atoms with van der Waals surface area (Å²) < 4.78 is 14.4. The fraction of sp³-hybridized carbons (Fsp3) is 0.0769. The van der Waals surface area contributed by atoms with Crippen molar-refractivity contribution in [3.63, 3.8) is 0 Å². The molecule has 8 aromatic carbocycles. The largest absolute Gasteiger partial charge is 0.456 e. The fourth-order valence-electron chi connectivity index (χ4n) is 9.72. The van der Waals surface area contributed by atoms with Crippen LogP contribution in [0.1, 0.15) is 26.3 Å². The fourth-order valence-corrected chi connectivity index (χ4v) is 12.0. The van der Waals surface area contributed by atoms with Crippen molar-refractivity contribution in [1.29, 1.82) is 0 Å². The molecule has 0 radical (unpaired) electrons. The van der Waals surface area contributed by atoms with Crippen LogP contribution in [0.4, 0.5) is 11.4 Å². The summed E-state index contributed by atoms with van der Waals surface area (Å²) in [4.78, 5) is 0. The van der Waals surface area contributed by atoms with Crippen LogP contribution in [-0.4, -0.2) is 11.8 Å². The van der Waals surface area contributed by atoms with E-state index in [1.165, 1.54) is 95.5 Å². The minimum Gasteiger partial charge on any atom is -0.456 e. The molecule has 12 aromatic rings. The van der Waals surface area contributed by atoms with Gasteiger partial charge in [0.1, 0.15) is 11.2 Å². The molecule has 1 N–H and O–H groups in total. The zero-order valence-electron chi connectivity index (χ0n) is 32.2. The molecule has 274 valence electrons. The van der Waals surface area contributed by atoms with Crippen LogP contribution in [0.25, 0.3) is 101 Å². The molecule has 5 heterocycles. The minimum absolute atomic E-state index is 0.0860. The van der Waals surface area contributed by atoms with Crippen LogP contribution in [0, 0.1) is 0 Å². The lowest BCUT2D eigenvalue weighted by molar-refractivity contribution is 0.590. The van der Waals surface area contributed by atoms with Crippen molar-refractivity contribution >= 4 is 136 Å². The number of nitrogens with zero attached hydrogens (tertiary/aromatic N) is 1. The maximum absolute atomic E-state index is 6.54. The van der Waals surface area contributed by atoms with Gasteiger partial charge >= 0.3 is 0 Å². The van der Waals surface area contributed by atoms with E-state index in [9.17, 15) is 0 Å². The van der Waals surface area contributed by atoms with E-state index in [-0.39, 0.29) is 5.41 Å². The van der Waals surface area contributed by atoms with E-state index >= 15 is 0 Å². The lowest BCUT2D eigenvalue weighted by atomic mass is 9.59. The Bertz CT molecular complexity index is 3720. The van der Waals surface area contributed by atoms with E-state index in [4.69, 9.17) is 4.42 Å². The number of fused-ring (bicyclic) bond motifs is 14. The first-order valence-corrected chi connectivity index (χ1v) is 21.7. The van der Waals surface area contributed by atoms with Gasteiger partial charge in [-0.25, -0.2) is 0 Å². The monoisotopic (exact) mass is 778 g/mol. The van der Waals surface area contributed by atoms with Gasteiger partial charge in [0.05, 0.1) is 5.52 Å². The van der Waals surface area contributed by atoms with Crippen molar-refractivity contribution in [1.82, 2.24) is 4.57 Å². The molecule has 3 nitrogen and oxygen atoms in total. The van der Waals surface area contributed by atoms with Crippen LogP contribution in [0.5, 0.6) is 0 Å². The Labute approximate surface area is 343 Å². The molecule has 58 heavy (non-hydrogen) atoms. The number of thiophene rings is 2. The summed E-state index contributed by atoms with van der Waals surface area (Å²) in [6, 6.07) is 54.3. The minimum atomic E-state index is 0.0860. The Hall–Kier alpha value is -6.34. The molecule has 1 aliphatic heterocycles. The molecule has 0 atom stereocenters. The predicted octanol–water partition coefficient (Wildman–Crippen LogP) is 13.8. The SMILES string of the molecule is CC(C)(C)c1ccc(Nc2cc3sc4ccccc4c3cc2-c2ccc3c4cc5sc6ccccc6c5cc4n4c3c2Bc2cc3oc5ccccc5c3cc2-4)cc1. The molecule has 4 aromatic heterocycles. The van der Waals surface area contributed by atoms with Crippen molar-refractivity contribution in [2.45, 2.75) is 26.2 Å². The quantitative estimate of drug-likeness (QED) is 0.181. The summed E-state index contributed by atoms with van der Waals surface area (Å²) >= 11 is 3.76. The maximum Gasteiger partial charge on any atom is 0.198 e.